The Morgan fingerprint density at radius 3 is 2.55 bits per heavy atom. The number of hydrogen-bond acceptors (Lipinski definition) is 4. The van der Waals surface area contributed by atoms with Gasteiger partial charge in [-0.05, 0) is 49.4 Å². The molecule has 1 fully saturated rings. The summed E-state index contributed by atoms with van der Waals surface area (Å²) in [4.78, 5) is 17.6. The number of carbonyl (C=O) groups excluding carboxylic acids is 1. The van der Waals surface area contributed by atoms with Crippen molar-refractivity contribution in [3.05, 3.63) is 65.2 Å². The Kier molecular flexibility index (Phi) is 7.25. The van der Waals surface area contributed by atoms with Crippen molar-refractivity contribution in [3.63, 3.8) is 0 Å². The third kappa shape index (κ3) is 5.66. The number of aliphatic hydroxyl groups is 1. The number of nitrogens with one attached hydrogen (secondary N) is 1. The maximum absolute atomic E-state index is 13.0. The van der Waals surface area contributed by atoms with Gasteiger partial charge in [-0.25, -0.2) is 0 Å². The van der Waals surface area contributed by atoms with E-state index in [1.807, 2.05) is 24.3 Å². The topological polar surface area (TPSA) is 55.8 Å². The Morgan fingerprint density at radius 2 is 1.77 bits per heavy atom. The minimum atomic E-state index is -0.510. The summed E-state index contributed by atoms with van der Waals surface area (Å²) < 4.78 is 0. The van der Waals surface area contributed by atoms with Crippen LogP contribution in [0, 0.1) is 0 Å². The third-order valence-corrected chi connectivity index (χ3v) is 6.70. The SMILES string of the molecule is CN1CCCCCC(O)c2cc(C(=O)NC3CCN(Cc4ccccc4)CC3)ccc21. The number of nitrogens with zero attached hydrogens (tertiary/aromatic N) is 2. The fourth-order valence-electron chi connectivity index (χ4n) is 4.80. The van der Waals surface area contributed by atoms with Crippen molar-refractivity contribution >= 4 is 11.6 Å². The molecule has 2 aromatic carbocycles. The Labute approximate surface area is 186 Å². The molecule has 0 bridgehead atoms. The van der Waals surface area contributed by atoms with Crippen LogP contribution in [0.4, 0.5) is 5.69 Å². The molecule has 0 spiro atoms. The monoisotopic (exact) mass is 421 g/mol. The fourth-order valence-corrected chi connectivity index (χ4v) is 4.80. The zero-order valence-electron chi connectivity index (χ0n) is 18.6. The molecular weight excluding hydrogens is 386 g/mol. The first kappa shape index (κ1) is 21.8. The van der Waals surface area contributed by atoms with Gasteiger partial charge < -0.3 is 15.3 Å². The summed E-state index contributed by atoms with van der Waals surface area (Å²) in [6.07, 6.45) is 5.46. The van der Waals surface area contributed by atoms with Crippen molar-refractivity contribution in [1.82, 2.24) is 10.2 Å². The molecule has 1 saturated heterocycles. The molecule has 2 N–H and O–H groups in total. The highest BCUT2D eigenvalue weighted by molar-refractivity contribution is 5.95. The van der Waals surface area contributed by atoms with Gasteiger partial charge in [-0.2, -0.15) is 0 Å². The summed E-state index contributed by atoms with van der Waals surface area (Å²) in [7, 11) is 2.07. The first-order valence-corrected chi connectivity index (χ1v) is 11.7. The summed E-state index contributed by atoms with van der Waals surface area (Å²) in [5, 5.41) is 14.0. The van der Waals surface area contributed by atoms with Crippen LogP contribution in [-0.4, -0.2) is 48.6 Å². The zero-order valence-corrected chi connectivity index (χ0v) is 18.6. The number of fused-ring (bicyclic) bond motifs is 1. The van der Waals surface area contributed by atoms with Crippen molar-refractivity contribution in [1.29, 1.82) is 0 Å². The van der Waals surface area contributed by atoms with E-state index in [1.54, 1.807) is 0 Å². The van der Waals surface area contributed by atoms with Crippen LogP contribution in [0.1, 0.15) is 66.1 Å². The lowest BCUT2D eigenvalue weighted by molar-refractivity contribution is 0.0908. The number of aliphatic hydroxyl groups excluding tert-OH is 1. The number of piperidine rings is 1. The molecule has 0 aliphatic carbocycles. The minimum Gasteiger partial charge on any atom is -0.388 e. The molecule has 1 atom stereocenters. The predicted molar refractivity (Wildman–Crippen MR) is 125 cm³/mol. The minimum absolute atomic E-state index is 0.0287. The second-order valence-corrected chi connectivity index (χ2v) is 9.07. The van der Waals surface area contributed by atoms with Gasteiger partial charge in [0.15, 0.2) is 0 Å². The number of carbonyl (C=O) groups is 1. The summed E-state index contributed by atoms with van der Waals surface area (Å²) in [6.45, 7) is 3.94. The highest BCUT2D eigenvalue weighted by Crippen LogP contribution is 2.32. The smallest absolute Gasteiger partial charge is 0.251 e. The van der Waals surface area contributed by atoms with Gasteiger partial charge in [-0.15, -0.1) is 0 Å². The van der Waals surface area contributed by atoms with Gasteiger partial charge in [0, 0.05) is 56.1 Å². The quantitative estimate of drug-likeness (QED) is 0.780. The molecule has 2 aromatic rings. The van der Waals surface area contributed by atoms with Crippen LogP contribution >= 0.6 is 0 Å². The van der Waals surface area contributed by atoms with Gasteiger partial charge in [-0.3, -0.25) is 9.69 Å². The lowest BCUT2D eigenvalue weighted by atomic mass is 9.98. The molecule has 4 rings (SSSR count). The Hall–Kier alpha value is -2.37. The van der Waals surface area contributed by atoms with Gasteiger partial charge in [0.25, 0.3) is 5.91 Å². The van der Waals surface area contributed by atoms with Crippen LogP contribution in [-0.2, 0) is 6.54 Å². The molecule has 166 valence electrons. The average Bonchev–Trinajstić information content (AvgIpc) is 2.86. The average molecular weight is 422 g/mol. The van der Waals surface area contributed by atoms with Crippen LogP contribution in [0.15, 0.2) is 48.5 Å². The number of benzene rings is 2. The maximum Gasteiger partial charge on any atom is 0.251 e. The summed E-state index contributed by atoms with van der Waals surface area (Å²) in [5.74, 6) is -0.0287. The van der Waals surface area contributed by atoms with E-state index in [9.17, 15) is 9.90 Å². The van der Waals surface area contributed by atoms with E-state index in [2.05, 4.69) is 46.4 Å². The van der Waals surface area contributed by atoms with Crippen molar-refractivity contribution in [2.24, 2.45) is 0 Å². The second-order valence-electron chi connectivity index (χ2n) is 9.07. The standard InChI is InChI=1S/C26H35N3O2/c1-28-15-7-3-6-10-25(30)23-18-21(11-12-24(23)28)26(31)27-22-13-16-29(17-14-22)19-20-8-4-2-5-9-20/h2,4-5,8-9,11-12,18,22,25,30H,3,6-7,10,13-17,19H2,1H3,(H,27,31). The van der Waals surface area contributed by atoms with Crippen LogP contribution < -0.4 is 10.2 Å². The van der Waals surface area contributed by atoms with Gasteiger partial charge in [0.05, 0.1) is 6.10 Å². The molecular formula is C26H35N3O2. The van der Waals surface area contributed by atoms with E-state index in [4.69, 9.17) is 0 Å². The third-order valence-electron chi connectivity index (χ3n) is 6.70. The number of anilines is 1. The molecule has 5 heteroatoms. The normalized spacial score (nSPS) is 21.0. The molecule has 2 aliphatic rings. The van der Waals surface area contributed by atoms with E-state index in [-0.39, 0.29) is 11.9 Å². The summed E-state index contributed by atoms with van der Waals surface area (Å²) in [6, 6.07) is 16.6. The van der Waals surface area contributed by atoms with Gasteiger partial charge in [0.2, 0.25) is 0 Å². The fraction of sp³-hybridized carbons (Fsp3) is 0.500. The Morgan fingerprint density at radius 1 is 1.00 bits per heavy atom. The lowest BCUT2D eigenvalue weighted by Gasteiger charge is -2.32. The van der Waals surface area contributed by atoms with Crippen molar-refractivity contribution < 1.29 is 9.90 Å². The highest BCUT2D eigenvalue weighted by atomic mass is 16.3. The zero-order chi connectivity index (χ0) is 21.6. The van der Waals surface area contributed by atoms with Crippen LogP contribution in [0.25, 0.3) is 0 Å². The summed E-state index contributed by atoms with van der Waals surface area (Å²) >= 11 is 0. The maximum atomic E-state index is 13.0. The molecule has 31 heavy (non-hydrogen) atoms. The molecule has 2 aliphatic heterocycles. The number of amides is 1. The molecule has 0 aromatic heterocycles. The Balaban J connectivity index is 1.36. The number of rotatable bonds is 4. The molecule has 2 heterocycles. The summed E-state index contributed by atoms with van der Waals surface area (Å²) in [5.41, 5.74) is 3.91. The molecule has 0 saturated carbocycles. The molecule has 1 amide bonds. The Bertz CT molecular complexity index is 862. The van der Waals surface area contributed by atoms with E-state index in [0.717, 1.165) is 76.0 Å². The predicted octanol–water partition coefficient (Wildman–Crippen LogP) is 4.12. The molecule has 5 nitrogen and oxygen atoms in total. The van der Waals surface area contributed by atoms with Gasteiger partial charge in [0.1, 0.15) is 0 Å². The van der Waals surface area contributed by atoms with Crippen LogP contribution in [0.5, 0.6) is 0 Å². The van der Waals surface area contributed by atoms with Crippen molar-refractivity contribution in [2.45, 2.75) is 57.2 Å². The van der Waals surface area contributed by atoms with Crippen LogP contribution in [0.2, 0.25) is 0 Å². The van der Waals surface area contributed by atoms with E-state index < -0.39 is 6.10 Å². The van der Waals surface area contributed by atoms with Crippen LogP contribution in [0.3, 0.4) is 0 Å². The first-order chi connectivity index (χ1) is 15.1. The van der Waals surface area contributed by atoms with E-state index in [0.29, 0.717) is 5.56 Å². The molecule has 0 radical (unpaired) electrons. The van der Waals surface area contributed by atoms with Crippen molar-refractivity contribution in [3.8, 4) is 0 Å². The first-order valence-electron chi connectivity index (χ1n) is 11.7. The van der Waals surface area contributed by atoms with Gasteiger partial charge in [-0.1, -0.05) is 43.2 Å². The largest absolute Gasteiger partial charge is 0.388 e. The highest BCUT2D eigenvalue weighted by Gasteiger charge is 2.23. The lowest BCUT2D eigenvalue weighted by Crippen LogP contribution is -2.44. The molecule has 1 unspecified atom stereocenters. The number of likely N-dealkylation sites (tertiary alicyclic amines) is 1. The number of hydrogen-bond donors (Lipinski definition) is 2. The van der Waals surface area contributed by atoms with Crippen molar-refractivity contribution in [2.75, 3.05) is 31.6 Å². The second kappa shape index (κ2) is 10.3. The van der Waals surface area contributed by atoms with E-state index >= 15 is 0 Å². The van der Waals surface area contributed by atoms with Gasteiger partial charge >= 0.3 is 0 Å². The van der Waals surface area contributed by atoms with E-state index in [1.165, 1.54) is 5.56 Å².